The van der Waals surface area contributed by atoms with Crippen molar-refractivity contribution in [2.75, 3.05) is 6.54 Å². The van der Waals surface area contributed by atoms with Gasteiger partial charge in [-0.2, -0.15) is 0 Å². The Balaban J connectivity index is 2.48. The highest BCUT2D eigenvalue weighted by atomic mass is 32.2. The maximum absolute atomic E-state index is 12.5. The lowest BCUT2D eigenvalue weighted by Crippen LogP contribution is -2.30. The van der Waals surface area contributed by atoms with Crippen LogP contribution in [0.5, 0.6) is 0 Å². The monoisotopic (exact) mass is 222 g/mol. The molecular weight excluding hydrogens is 206 g/mol. The van der Waals surface area contributed by atoms with Crippen LogP contribution in [0.2, 0.25) is 0 Å². The summed E-state index contributed by atoms with van der Waals surface area (Å²) < 4.78 is 25.0. The van der Waals surface area contributed by atoms with Crippen LogP contribution in [0.1, 0.15) is 27.2 Å². The molecule has 14 heavy (non-hydrogen) atoms. The summed E-state index contributed by atoms with van der Waals surface area (Å²) in [6, 6.07) is 0.365. The normalized spacial score (nSPS) is 30.8. The summed E-state index contributed by atoms with van der Waals surface area (Å²) in [5.41, 5.74) is 0. The Morgan fingerprint density at radius 1 is 1.57 bits per heavy atom. The van der Waals surface area contributed by atoms with Gasteiger partial charge in [-0.1, -0.05) is 25.6 Å². The average Bonchev–Trinajstić information content (AvgIpc) is 2.42. The maximum atomic E-state index is 12.5. The molecule has 0 saturated carbocycles. The van der Waals surface area contributed by atoms with Crippen LogP contribution in [0.15, 0.2) is 4.99 Å². The van der Waals surface area contributed by atoms with Crippen LogP contribution in [-0.2, 0) is 0 Å². The standard InChI is InChI=1S/C9H16F2N2S/c1-4-7-6(2)14-8(13-7)12-5-9(3,10)11/h6-7H,4-5H2,1-3H3,(H,12,13). The first kappa shape index (κ1) is 11.8. The van der Waals surface area contributed by atoms with Crippen LogP contribution in [-0.4, -0.2) is 28.9 Å². The average molecular weight is 222 g/mol. The van der Waals surface area contributed by atoms with Gasteiger partial charge in [-0.05, 0) is 6.42 Å². The van der Waals surface area contributed by atoms with Crippen LogP contribution in [0, 0.1) is 0 Å². The predicted molar refractivity (Wildman–Crippen MR) is 57.2 cm³/mol. The fraction of sp³-hybridized carbons (Fsp3) is 0.889. The molecule has 1 N–H and O–H groups in total. The second kappa shape index (κ2) is 4.47. The van der Waals surface area contributed by atoms with Gasteiger partial charge in [-0.25, -0.2) is 8.78 Å². The summed E-state index contributed by atoms with van der Waals surface area (Å²) in [7, 11) is 0. The number of rotatable bonds is 3. The highest BCUT2D eigenvalue weighted by Gasteiger charge is 2.28. The van der Waals surface area contributed by atoms with Crippen molar-refractivity contribution in [2.45, 2.75) is 44.4 Å². The Labute approximate surface area is 87.6 Å². The first-order valence-electron chi connectivity index (χ1n) is 4.78. The molecule has 0 radical (unpaired) electrons. The summed E-state index contributed by atoms with van der Waals surface area (Å²) in [4.78, 5) is 3.86. The largest absolute Gasteiger partial charge is 0.361 e. The number of hydrogen-bond acceptors (Lipinski definition) is 2. The first-order chi connectivity index (χ1) is 6.42. The van der Waals surface area contributed by atoms with Crippen molar-refractivity contribution < 1.29 is 8.78 Å². The molecule has 1 rings (SSSR count). The van der Waals surface area contributed by atoms with E-state index < -0.39 is 12.5 Å². The van der Waals surface area contributed by atoms with Gasteiger partial charge in [0.25, 0.3) is 5.92 Å². The number of amidine groups is 1. The van der Waals surface area contributed by atoms with E-state index in [1.165, 1.54) is 0 Å². The number of hydrogen-bond donors (Lipinski definition) is 1. The van der Waals surface area contributed by atoms with E-state index in [0.29, 0.717) is 16.5 Å². The molecule has 1 aliphatic heterocycles. The zero-order valence-corrected chi connectivity index (χ0v) is 9.50. The zero-order valence-electron chi connectivity index (χ0n) is 8.68. The molecule has 0 aromatic carbocycles. The van der Waals surface area contributed by atoms with Crippen LogP contribution >= 0.6 is 11.8 Å². The molecule has 1 heterocycles. The van der Waals surface area contributed by atoms with Gasteiger partial charge >= 0.3 is 0 Å². The molecule has 0 aliphatic carbocycles. The minimum Gasteiger partial charge on any atom is -0.361 e. The van der Waals surface area contributed by atoms with E-state index >= 15 is 0 Å². The minimum atomic E-state index is -2.71. The molecule has 0 bridgehead atoms. The molecule has 1 aliphatic rings. The van der Waals surface area contributed by atoms with Crippen molar-refractivity contribution in [3.8, 4) is 0 Å². The second-order valence-electron chi connectivity index (χ2n) is 3.67. The summed E-state index contributed by atoms with van der Waals surface area (Å²) in [6.45, 7) is 4.62. The van der Waals surface area contributed by atoms with Gasteiger partial charge in [0.05, 0.1) is 0 Å². The topological polar surface area (TPSA) is 24.4 Å². The van der Waals surface area contributed by atoms with Crippen molar-refractivity contribution in [3.63, 3.8) is 0 Å². The van der Waals surface area contributed by atoms with E-state index in [-0.39, 0.29) is 0 Å². The summed E-state index contributed by atoms with van der Waals surface area (Å²) in [6.07, 6.45) is 0.996. The smallest absolute Gasteiger partial charge is 0.264 e. The molecule has 5 heteroatoms. The van der Waals surface area contributed by atoms with Gasteiger partial charge in [0.2, 0.25) is 0 Å². The maximum Gasteiger partial charge on any atom is 0.264 e. The van der Waals surface area contributed by atoms with E-state index in [0.717, 1.165) is 13.3 Å². The third-order valence-electron chi connectivity index (χ3n) is 2.11. The van der Waals surface area contributed by atoms with E-state index in [1.54, 1.807) is 11.8 Å². The van der Waals surface area contributed by atoms with Crippen LogP contribution in [0.4, 0.5) is 8.78 Å². The molecule has 1 saturated heterocycles. The summed E-state index contributed by atoms with van der Waals surface area (Å²) >= 11 is 1.54. The van der Waals surface area contributed by atoms with Crippen molar-refractivity contribution in [1.29, 1.82) is 0 Å². The fourth-order valence-electron chi connectivity index (χ4n) is 1.30. The van der Waals surface area contributed by atoms with E-state index in [2.05, 4.69) is 24.2 Å². The quantitative estimate of drug-likeness (QED) is 0.793. The van der Waals surface area contributed by atoms with Gasteiger partial charge in [-0.3, -0.25) is 4.99 Å². The molecule has 2 unspecified atom stereocenters. The number of thioether (sulfide) groups is 1. The third-order valence-corrected chi connectivity index (χ3v) is 3.28. The third kappa shape index (κ3) is 3.44. The zero-order chi connectivity index (χ0) is 10.8. The number of aliphatic imine (C=N–C) groups is 1. The van der Waals surface area contributed by atoms with Crippen LogP contribution in [0.3, 0.4) is 0 Å². The molecule has 0 spiro atoms. The van der Waals surface area contributed by atoms with E-state index in [4.69, 9.17) is 0 Å². The number of halogens is 2. The van der Waals surface area contributed by atoms with Crippen LogP contribution < -0.4 is 5.32 Å². The highest BCUT2D eigenvalue weighted by Crippen LogP contribution is 2.25. The summed E-state index contributed by atoms with van der Waals surface area (Å²) in [5, 5.41) is 4.22. The molecule has 2 atom stereocenters. The molecule has 0 aromatic heterocycles. The highest BCUT2D eigenvalue weighted by molar-refractivity contribution is 8.14. The predicted octanol–water partition coefficient (Wildman–Crippen LogP) is 2.50. The summed E-state index contributed by atoms with van der Waals surface area (Å²) in [5.74, 6) is -2.71. The Morgan fingerprint density at radius 2 is 2.21 bits per heavy atom. The Morgan fingerprint density at radius 3 is 2.64 bits per heavy atom. The van der Waals surface area contributed by atoms with Gasteiger partial charge in [0.1, 0.15) is 6.54 Å². The lowest BCUT2D eigenvalue weighted by molar-refractivity contribution is 0.0327. The van der Waals surface area contributed by atoms with Gasteiger partial charge < -0.3 is 5.32 Å². The Kier molecular flexibility index (Phi) is 3.75. The number of alkyl halides is 2. The van der Waals surface area contributed by atoms with Crippen LogP contribution in [0.25, 0.3) is 0 Å². The molecule has 82 valence electrons. The molecule has 1 fully saturated rings. The molecule has 0 amide bonds. The number of nitrogens with one attached hydrogen (secondary N) is 1. The molecule has 0 aromatic rings. The van der Waals surface area contributed by atoms with Gasteiger partial charge in [0.15, 0.2) is 5.17 Å². The SMILES string of the molecule is CCC1NC(=NCC(C)(F)F)SC1C. The van der Waals surface area contributed by atoms with Crippen molar-refractivity contribution in [1.82, 2.24) is 5.32 Å². The van der Waals surface area contributed by atoms with E-state index in [1.807, 2.05) is 0 Å². The van der Waals surface area contributed by atoms with Crippen molar-refractivity contribution >= 4 is 16.9 Å². The fourth-order valence-corrected chi connectivity index (χ4v) is 2.43. The lowest BCUT2D eigenvalue weighted by atomic mass is 10.2. The Hall–Kier alpha value is -0.320. The lowest BCUT2D eigenvalue weighted by Gasteiger charge is -2.10. The Bertz CT molecular complexity index is 225. The number of nitrogens with zero attached hydrogens (tertiary/aromatic N) is 1. The van der Waals surface area contributed by atoms with Crippen molar-refractivity contribution in [3.05, 3.63) is 0 Å². The molecule has 2 nitrogen and oxygen atoms in total. The second-order valence-corrected chi connectivity index (χ2v) is 5.04. The first-order valence-corrected chi connectivity index (χ1v) is 5.66. The molecular formula is C9H16F2N2S. The van der Waals surface area contributed by atoms with E-state index in [9.17, 15) is 8.78 Å². The van der Waals surface area contributed by atoms with Gasteiger partial charge in [0, 0.05) is 18.2 Å². The van der Waals surface area contributed by atoms with Gasteiger partial charge in [-0.15, -0.1) is 0 Å². The van der Waals surface area contributed by atoms with Crippen molar-refractivity contribution in [2.24, 2.45) is 4.99 Å². The minimum absolute atomic E-state index is 0.365.